The Labute approximate surface area is 103 Å². The first kappa shape index (κ1) is 17.8. The lowest BCUT2D eigenvalue weighted by Gasteiger charge is -1.91. The SMILES string of the molecule is C=C(CC(=O)O)C(=O)O.CC=CCCCCC. The molecule has 2 N–H and O–H groups in total. The van der Waals surface area contributed by atoms with E-state index in [0.29, 0.717) is 0 Å². The van der Waals surface area contributed by atoms with Crippen LogP contribution >= 0.6 is 0 Å². The van der Waals surface area contributed by atoms with Crippen molar-refractivity contribution in [2.75, 3.05) is 0 Å². The summed E-state index contributed by atoms with van der Waals surface area (Å²) >= 11 is 0. The van der Waals surface area contributed by atoms with E-state index in [1.54, 1.807) is 0 Å². The average molecular weight is 242 g/mol. The first-order valence-electron chi connectivity index (χ1n) is 5.69. The van der Waals surface area contributed by atoms with Gasteiger partial charge in [-0.1, -0.05) is 38.5 Å². The maximum absolute atomic E-state index is 9.87. The van der Waals surface area contributed by atoms with Crippen LogP contribution in [0.3, 0.4) is 0 Å². The minimum Gasteiger partial charge on any atom is -0.481 e. The van der Waals surface area contributed by atoms with Gasteiger partial charge < -0.3 is 10.2 Å². The highest BCUT2D eigenvalue weighted by atomic mass is 16.4. The molecule has 0 rings (SSSR count). The zero-order valence-corrected chi connectivity index (χ0v) is 10.6. The van der Waals surface area contributed by atoms with Crippen LogP contribution < -0.4 is 0 Å². The van der Waals surface area contributed by atoms with E-state index in [1.165, 1.54) is 25.7 Å². The fourth-order valence-corrected chi connectivity index (χ4v) is 0.937. The molecule has 0 amide bonds. The van der Waals surface area contributed by atoms with Crippen LogP contribution in [0.5, 0.6) is 0 Å². The van der Waals surface area contributed by atoms with E-state index in [-0.39, 0.29) is 5.57 Å². The first-order valence-corrected chi connectivity index (χ1v) is 5.69. The third kappa shape index (κ3) is 17.1. The van der Waals surface area contributed by atoms with Gasteiger partial charge in [-0.15, -0.1) is 0 Å². The molecule has 0 unspecified atom stereocenters. The van der Waals surface area contributed by atoms with E-state index >= 15 is 0 Å². The largest absolute Gasteiger partial charge is 0.481 e. The van der Waals surface area contributed by atoms with E-state index < -0.39 is 18.4 Å². The lowest BCUT2D eigenvalue weighted by molar-refractivity contribution is -0.139. The molecular weight excluding hydrogens is 220 g/mol. The highest BCUT2D eigenvalue weighted by Gasteiger charge is 2.07. The summed E-state index contributed by atoms with van der Waals surface area (Å²) in [7, 11) is 0. The Hall–Kier alpha value is -1.58. The van der Waals surface area contributed by atoms with Crippen molar-refractivity contribution < 1.29 is 19.8 Å². The summed E-state index contributed by atoms with van der Waals surface area (Å²) in [5.41, 5.74) is -0.303. The lowest BCUT2D eigenvalue weighted by Crippen LogP contribution is -2.04. The Morgan fingerprint density at radius 2 is 1.82 bits per heavy atom. The normalized spacial score (nSPS) is 9.53. The quantitative estimate of drug-likeness (QED) is 0.408. The summed E-state index contributed by atoms with van der Waals surface area (Å²) in [4.78, 5) is 19.7. The first-order chi connectivity index (χ1) is 7.95. The lowest BCUT2D eigenvalue weighted by atomic mass is 10.2. The molecule has 0 spiro atoms. The predicted molar refractivity (Wildman–Crippen MR) is 68.0 cm³/mol. The zero-order valence-electron chi connectivity index (χ0n) is 10.6. The summed E-state index contributed by atoms with van der Waals surface area (Å²) < 4.78 is 0. The molecular formula is C13H22O4. The minimum absolute atomic E-state index is 0.303. The molecule has 0 atom stereocenters. The molecule has 0 fully saturated rings. The minimum atomic E-state index is -1.27. The summed E-state index contributed by atoms with van der Waals surface area (Å²) in [5, 5.41) is 16.1. The number of carboxylic acid groups (broad SMARTS) is 2. The van der Waals surface area contributed by atoms with Gasteiger partial charge in [-0.2, -0.15) is 0 Å². The van der Waals surface area contributed by atoms with Crippen LogP contribution in [0.1, 0.15) is 46.0 Å². The molecule has 0 aromatic rings. The Morgan fingerprint density at radius 1 is 1.24 bits per heavy atom. The van der Waals surface area contributed by atoms with Crippen LogP contribution in [-0.4, -0.2) is 22.2 Å². The van der Waals surface area contributed by atoms with Crippen molar-refractivity contribution in [1.29, 1.82) is 0 Å². The molecule has 0 saturated carbocycles. The number of aliphatic carboxylic acids is 2. The molecule has 0 aliphatic rings. The van der Waals surface area contributed by atoms with Crippen molar-refractivity contribution in [3.63, 3.8) is 0 Å². The fraction of sp³-hybridized carbons (Fsp3) is 0.538. The van der Waals surface area contributed by atoms with Gasteiger partial charge >= 0.3 is 11.9 Å². The molecule has 4 heteroatoms. The van der Waals surface area contributed by atoms with Gasteiger partial charge in [0.2, 0.25) is 0 Å². The van der Waals surface area contributed by atoms with Gasteiger partial charge in [0.15, 0.2) is 0 Å². The average Bonchev–Trinajstić information content (AvgIpc) is 2.24. The van der Waals surface area contributed by atoms with Crippen LogP contribution in [0.15, 0.2) is 24.3 Å². The number of hydrogen-bond acceptors (Lipinski definition) is 2. The topological polar surface area (TPSA) is 74.6 Å². The molecule has 0 bridgehead atoms. The Balaban J connectivity index is 0. The molecule has 4 nitrogen and oxygen atoms in total. The summed E-state index contributed by atoms with van der Waals surface area (Å²) in [6, 6.07) is 0. The predicted octanol–water partition coefficient (Wildman–Crippen LogP) is 3.24. The van der Waals surface area contributed by atoms with Crippen LogP contribution in [0.25, 0.3) is 0 Å². The molecule has 0 radical (unpaired) electrons. The van der Waals surface area contributed by atoms with Gasteiger partial charge in [0, 0.05) is 5.57 Å². The fourth-order valence-electron chi connectivity index (χ4n) is 0.937. The van der Waals surface area contributed by atoms with E-state index in [2.05, 4.69) is 32.6 Å². The number of allylic oxidation sites excluding steroid dienone is 2. The van der Waals surface area contributed by atoms with Crippen molar-refractivity contribution in [3.8, 4) is 0 Å². The van der Waals surface area contributed by atoms with Crippen LogP contribution in [0, 0.1) is 0 Å². The number of carbonyl (C=O) groups is 2. The molecule has 0 heterocycles. The van der Waals surface area contributed by atoms with E-state index in [9.17, 15) is 9.59 Å². The van der Waals surface area contributed by atoms with Crippen molar-refractivity contribution in [3.05, 3.63) is 24.3 Å². The maximum atomic E-state index is 9.87. The van der Waals surface area contributed by atoms with E-state index in [4.69, 9.17) is 10.2 Å². The summed E-state index contributed by atoms with van der Waals surface area (Å²) in [5.74, 6) is -2.44. The zero-order chi connectivity index (χ0) is 13.7. The van der Waals surface area contributed by atoms with Crippen LogP contribution in [-0.2, 0) is 9.59 Å². The molecule has 17 heavy (non-hydrogen) atoms. The molecule has 0 saturated heterocycles. The van der Waals surface area contributed by atoms with Crippen LogP contribution in [0.4, 0.5) is 0 Å². The second kappa shape index (κ2) is 12.5. The highest BCUT2D eigenvalue weighted by Crippen LogP contribution is 1.98. The monoisotopic (exact) mass is 242 g/mol. The highest BCUT2D eigenvalue weighted by molar-refractivity contribution is 5.91. The van der Waals surface area contributed by atoms with Gasteiger partial charge in [-0.25, -0.2) is 4.79 Å². The molecule has 0 aromatic heterocycles. The van der Waals surface area contributed by atoms with E-state index in [1.807, 2.05) is 0 Å². The van der Waals surface area contributed by atoms with Gasteiger partial charge in [-0.05, 0) is 19.8 Å². The Morgan fingerprint density at radius 3 is 2.12 bits per heavy atom. The summed E-state index contributed by atoms with van der Waals surface area (Å²) in [6.45, 7) is 7.32. The smallest absolute Gasteiger partial charge is 0.331 e. The van der Waals surface area contributed by atoms with Gasteiger partial charge in [0.05, 0.1) is 6.42 Å². The number of carboxylic acids is 2. The summed E-state index contributed by atoms with van der Waals surface area (Å²) in [6.07, 6.45) is 9.19. The number of unbranched alkanes of at least 4 members (excludes halogenated alkanes) is 3. The molecule has 0 aliphatic heterocycles. The standard InChI is InChI=1S/C8H16.C5H6O4/c1-3-5-7-8-6-4-2;1-3(5(8)9)2-4(6)7/h3,5H,4,6-8H2,1-2H3;1-2H2,(H,6,7)(H,8,9). The second-order valence-electron chi connectivity index (χ2n) is 3.54. The van der Waals surface area contributed by atoms with Crippen molar-refractivity contribution in [2.24, 2.45) is 0 Å². The van der Waals surface area contributed by atoms with Crippen molar-refractivity contribution >= 4 is 11.9 Å². The van der Waals surface area contributed by atoms with Crippen molar-refractivity contribution in [1.82, 2.24) is 0 Å². The van der Waals surface area contributed by atoms with Gasteiger partial charge in [0.1, 0.15) is 0 Å². The Kier molecular flexibility index (Phi) is 13.1. The van der Waals surface area contributed by atoms with Crippen molar-refractivity contribution in [2.45, 2.75) is 46.0 Å². The second-order valence-corrected chi connectivity index (χ2v) is 3.54. The third-order valence-electron chi connectivity index (χ3n) is 1.88. The molecule has 0 aliphatic carbocycles. The maximum Gasteiger partial charge on any atom is 0.331 e. The van der Waals surface area contributed by atoms with E-state index in [0.717, 1.165) is 0 Å². The number of hydrogen-bond donors (Lipinski definition) is 2. The molecule has 0 aromatic carbocycles. The van der Waals surface area contributed by atoms with Gasteiger partial charge in [-0.3, -0.25) is 4.79 Å². The Bertz CT molecular complexity index is 267. The molecule has 98 valence electrons. The number of rotatable bonds is 7. The van der Waals surface area contributed by atoms with Crippen LogP contribution in [0.2, 0.25) is 0 Å². The third-order valence-corrected chi connectivity index (χ3v) is 1.88. The van der Waals surface area contributed by atoms with Gasteiger partial charge in [0.25, 0.3) is 0 Å².